The van der Waals surface area contributed by atoms with Crippen LogP contribution < -0.4 is 10.9 Å². The molecule has 0 unspecified atom stereocenters. The SMILES string of the molecule is CCN1CCC(NC(=O)CSc2nnc3n(CCC(C)C)c(=O)c4ccccc4n23)CC1. The summed E-state index contributed by atoms with van der Waals surface area (Å²) in [5.74, 6) is 1.29. The summed E-state index contributed by atoms with van der Waals surface area (Å²) < 4.78 is 3.62. The van der Waals surface area contributed by atoms with Crippen molar-refractivity contribution < 1.29 is 4.79 Å². The number of fused-ring (bicyclic) bond motifs is 3. The lowest BCUT2D eigenvalue weighted by molar-refractivity contribution is -0.119. The van der Waals surface area contributed by atoms with E-state index in [4.69, 9.17) is 0 Å². The minimum absolute atomic E-state index is 0.0131. The van der Waals surface area contributed by atoms with Crippen LogP contribution in [-0.4, -0.2) is 61.4 Å². The van der Waals surface area contributed by atoms with Gasteiger partial charge in [-0.1, -0.05) is 44.7 Å². The maximum absolute atomic E-state index is 13.1. The summed E-state index contributed by atoms with van der Waals surface area (Å²) in [6.45, 7) is 10.2. The van der Waals surface area contributed by atoms with Crippen LogP contribution in [0.25, 0.3) is 16.7 Å². The second-order valence-corrected chi connectivity index (χ2v) is 9.78. The molecule has 0 spiro atoms. The van der Waals surface area contributed by atoms with Crippen molar-refractivity contribution in [3.63, 3.8) is 0 Å². The highest BCUT2D eigenvalue weighted by Crippen LogP contribution is 2.22. The van der Waals surface area contributed by atoms with Gasteiger partial charge in [-0.15, -0.1) is 10.2 Å². The molecule has 8 nitrogen and oxygen atoms in total. The number of piperidine rings is 1. The number of likely N-dealkylation sites (tertiary alicyclic amines) is 1. The number of hydrogen-bond donors (Lipinski definition) is 1. The van der Waals surface area contributed by atoms with Crippen LogP contribution in [0.5, 0.6) is 0 Å². The monoisotopic (exact) mass is 456 g/mol. The summed E-state index contributed by atoms with van der Waals surface area (Å²) in [5.41, 5.74) is 0.724. The standard InChI is InChI=1S/C23H32N6O2S/c1-4-27-12-10-17(11-13-27)24-20(30)15-32-23-26-25-22-28(14-9-16(2)3)21(31)18-7-5-6-8-19(18)29(22)23/h5-8,16-17H,4,9-15H2,1-3H3,(H,24,30). The fourth-order valence-corrected chi connectivity index (χ4v) is 4.96. The molecule has 1 aromatic carbocycles. The number of hydrogen-bond acceptors (Lipinski definition) is 6. The van der Waals surface area contributed by atoms with Crippen molar-refractivity contribution in [2.45, 2.75) is 57.8 Å². The Kier molecular flexibility index (Phi) is 7.15. The van der Waals surface area contributed by atoms with Crippen LogP contribution in [0, 0.1) is 5.92 Å². The van der Waals surface area contributed by atoms with Gasteiger partial charge in [-0.2, -0.15) is 0 Å². The Morgan fingerprint density at radius 2 is 1.97 bits per heavy atom. The number of para-hydroxylation sites is 1. The Bertz CT molecular complexity index is 1150. The number of nitrogens with one attached hydrogen (secondary N) is 1. The van der Waals surface area contributed by atoms with E-state index in [-0.39, 0.29) is 23.3 Å². The molecule has 1 amide bonds. The Morgan fingerprint density at radius 3 is 2.69 bits per heavy atom. The molecule has 0 radical (unpaired) electrons. The number of aromatic nitrogens is 4. The maximum atomic E-state index is 13.1. The zero-order valence-corrected chi connectivity index (χ0v) is 19.9. The van der Waals surface area contributed by atoms with Gasteiger partial charge in [0.05, 0.1) is 16.7 Å². The van der Waals surface area contributed by atoms with E-state index in [1.54, 1.807) is 4.57 Å². The van der Waals surface area contributed by atoms with Crippen molar-refractivity contribution in [2.24, 2.45) is 5.92 Å². The van der Waals surface area contributed by atoms with E-state index < -0.39 is 0 Å². The molecule has 9 heteroatoms. The molecule has 0 bridgehead atoms. The summed E-state index contributed by atoms with van der Waals surface area (Å²) in [6, 6.07) is 7.77. The number of amides is 1. The van der Waals surface area contributed by atoms with Gasteiger partial charge in [-0.05, 0) is 43.9 Å². The van der Waals surface area contributed by atoms with Gasteiger partial charge in [-0.25, -0.2) is 0 Å². The molecule has 3 aromatic rings. The fraction of sp³-hybridized carbons (Fsp3) is 0.565. The lowest BCUT2D eigenvalue weighted by Crippen LogP contribution is -2.45. The molecule has 172 valence electrons. The Labute approximate surface area is 192 Å². The maximum Gasteiger partial charge on any atom is 0.262 e. The zero-order chi connectivity index (χ0) is 22.7. The molecule has 1 N–H and O–H groups in total. The van der Waals surface area contributed by atoms with Crippen LogP contribution in [0.2, 0.25) is 0 Å². The van der Waals surface area contributed by atoms with E-state index in [1.807, 2.05) is 28.7 Å². The fourth-order valence-electron chi connectivity index (χ4n) is 4.21. The summed E-state index contributed by atoms with van der Waals surface area (Å²) in [7, 11) is 0. The quantitative estimate of drug-likeness (QED) is 0.525. The highest BCUT2D eigenvalue weighted by molar-refractivity contribution is 7.99. The molecule has 1 aliphatic rings. The third-order valence-corrected chi connectivity index (χ3v) is 7.07. The number of rotatable bonds is 8. The molecule has 0 saturated carbocycles. The average molecular weight is 457 g/mol. The number of carbonyl (C=O) groups is 1. The van der Waals surface area contributed by atoms with Crippen molar-refractivity contribution in [3.05, 3.63) is 34.6 Å². The lowest BCUT2D eigenvalue weighted by Gasteiger charge is -2.31. The summed E-state index contributed by atoms with van der Waals surface area (Å²) in [6.07, 6.45) is 2.86. The third kappa shape index (κ3) is 4.83. The van der Waals surface area contributed by atoms with Gasteiger partial charge in [0.15, 0.2) is 5.16 Å². The number of benzene rings is 1. The number of thioether (sulfide) groups is 1. The molecular formula is C23H32N6O2S. The molecule has 3 heterocycles. The van der Waals surface area contributed by atoms with Gasteiger partial charge < -0.3 is 10.2 Å². The summed E-state index contributed by atoms with van der Waals surface area (Å²) in [4.78, 5) is 28.1. The lowest BCUT2D eigenvalue weighted by atomic mass is 10.1. The molecule has 0 aliphatic carbocycles. The Hall–Kier alpha value is -2.39. The predicted molar refractivity (Wildman–Crippen MR) is 128 cm³/mol. The zero-order valence-electron chi connectivity index (χ0n) is 19.1. The molecule has 1 aliphatic heterocycles. The average Bonchev–Trinajstić information content (AvgIpc) is 3.22. The van der Waals surface area contributed by atoms with Gasteiger partial charge in [0, 0.05) is 25.7 Å². The molecule has 1 fully saturated rings. The first-order chi connectivity index (χ1) is 15.5. The van der Waals surface area contributed by atoms with Crippen LogP contribution in [-0.2, 0) is 11.3 Å². The Morgan fingerprint density at radius 1 is 1.22 bits per heavy atom. The van der Waals surface area contributed by atoms with E-state index in [2.05, 4.69) is 41.2 Å². The predicted octanol–water partition coefficient (Wildman–Crippen LogP) is 2.78. The van der Waals surface area contributed by atoms with Crippen molar-refractivity contribution in [3.8, 4) is 0 Å². The third-order valence-electron chi connectivity index (χ3n) is 6.14. The molecule has 1 saturated heterocycles. The van der Waals surface area contributed by atoms with Crippen molar-refractivity contribution >= 4 is 34.3 Å². The van der Waals surface area contributed by atoms with Crippen molar-refractivity contribution in [1.82, 2.24) is 29.4 Å². The van der Waals surface area contributed by atoms with Crippen LogP contribution in [0.3, 0.4) is 0 Å². The number of aryl methyl sites for hydroxylation is 1. The molecule has 4 rings (SSSR count). The van der Waals surface area contributed by atoms with Gasteiger partial charge in [0.1, 0.15) is 0 Å². The first-order valence-electron chi connectivity index (χ1n) is 11.5. The van der Waals surface area contributed by atoms with Crippen LogP contribution in [0.15, 0.2) is 34.2 Å². The molecule has 32 heavy (non-hydrogen) atoms. The number of carbonyl (C=O) groups excluding carboxylic acids is 1. The van der Waals surface area contributed by atoms with E-state index in [9.17, 15) is 9.59 Å². The van der Waals surface area contributed by atoms with Crippen LogP contribution in [0.1, 0.15) is 40.0 Å². The number of nitrogens with zero attached hydrogens (tertiary/aromatic N) is 5. The molecular weight excluding hydrogens is 424 g/mol. The minimum atomic E-state index is -0.0473. The first-order valence-corrected chi connectivity index (χ1v) is 12.5. The van der Waals surface area contributed by atoms with Gasteiger partial charge in [0.2, 0.25) is 11.7 Å². The van der Waals surface area contributed by atoms with E-state index in [1.165, 1.54) is 11.8 Å². The van der Waals surface area contributed by atoms with E-state index >= 15 is 0 Å². The topological polar surface area (TPSA) is 84.5 Å². The van der Waals surface area contributed by atoms with Crippen molar-refractivity contribution in [2.75, 3.05) is 25.4 Å². The summed E-state index contributed by atoms with van der Waals surface area (Å²) >= 11 is 1.36. The highest BCUT2D eigenvalue weighted by Gasteiger charge is 2.21. The normalized spacial score (nSPS) is 15.8. The smallest absolute Gasteiger partial charge is 0.262 e. The van der Waals surface area contributed by atoms with Crippen LogP contribution in [0.4, 0.5) is 0 Å². The van der Waals surface area contributed by atoms with E-state index in [0.29, 0.717) is 28.8 Å². The molecule has 0 atom stereocenters. The molecule has 2 aromatic heterocycles. The van der Waals surface area contributed by atoms with Crippen LogP contribution >= 0.6 is 11.8 Å². The van der Waals surface area contributed by atoms with E-state index in [0.717, 1.165) is 44.4 Å². The van der Waals surface area contributed by atoms with Crippen molar-refractivity contribution in [1.29, 1.82) is 0 Å². The van der Waals surface area contributed by atoms with Gasteiger partial charge in [0.25, 0.3) is 5.56 Å². The second kappa shape index (κ2) is 10.0. The summed E-state index contributed by atoms with van der Waals surface area (Å²) in [5, 5.41) is 13.1. The second-order valence-electron chi connectivity index (χ2n) is 8.84. The van der Waals surface area contributed by atoms with Gasteiger partial charge >= 0.3 is 0 Å². The Balaban J connectivity index is 1.54. The first kappa shape index (κ1) is 22.8. The minimum Gasteiger partial charge on any atom is -0.353 e. The largest absolute Gasteiger partial charge is 0.353 e. The van der Waals surface area contributed by atoms with Gasteiger partial charge in [-0.3, -0.25) is 18.6 Å². The highest BCUT2D eigenvalue weighted by atomic mass is 32.2.